The standard InChI is InChI=1S/C21H27N5O/c1-14-6-7-18(15(2)12-14)24-21(27)26-11-8-19-17(13-26)20(23-16(3)22-19)25-9-4-5-10-25/h6-7,12H,4-5,8-11,13H2,1-3H3,(H,24,27). The molecule has 1 saturated heterocycles. The van der Waals surface area contributed by atoms with Gasteiger partial charge in [-0.3, -0.25) is 0 Å². The molecular formula is C21H27N5O. The third-order valence-corrected chi connectivity index (χ3v) is 5.47. The summed E-state index contributed by atoms with van der Waals surface area (Å²) in [6.45, 7) is 9.37. The number of hydrogen-bond acceptors (Lipinski definition) is 4. The Morgan fingerprint density at radius 3 is 2.59 bits per heavy atom. The number of carbonyl (C=O) groups excluding carboxylic acids is 1. The molecule has 0 aliphatic carbocycles. The largest absolute Gasteiger partial charge is 0.356 e. The van der Waals surface area contributed by atoms with Crippen LogP contribution in [0.2, 0.25) is 0 Å². The van der Waals surface area contributed by atoms with Crippen LogP contribution in [-0.2, 0) is 13.0 Å². The highest BCUT2D eigenvalue weighted by atomic mass is 16.2. The van der Waals surface area contributed by atoms with Crippen molar-refractivity contribution in [2.24, 2.45) is 0 Å². The predicted octanol–water partition coefficient (Wildman–Crippen LogP) is 3.59. The summed E-state index contributed by atoms with van der Waals surface area (Å²) in [5, 5.41) is 3.07. The highest BCUT2D eigenvalue weighted by molar-refractivity contribution is 5.90. The summed E-state index contributed by atoms with van der Waals surface area (Å²) in [4.78, 5) is 26.5. The summed E-state index contributed by atoms with van der Waals surface area (Å²) < 4.78 is 0. The van der Waals surface area contributed by atoms with Crippen LogP contribution < -0.4 is 10.2 Å². The summed E-state index contributed by atoms with van der Waals surface area (Å²) in [7, 11) is 0. The smallest absolute Gasteiger partial charge is 0.322 e. The number of aryl methyl sites for hydroxylation is 3. The molecule has 0 saturated carbocycles. The Labute approximate surface area is 160 Å². The third-order valence-electron chi connectivity index (χ3n) is 5.47. The first kappa shape index (κ1) is 17.8. The number of aromatic nitrogens is 2. The summed E-state index contributed by atoms with van der Waals surface area (Å²) in [5.41, 5.74) is 5.36. The van der Waals surface area contributed by atoms with Crippen molar-refractivity contribution in [3.8, 4) is 0 Å². The normalized spacial score (nSPS) is 16.4. The average Bonchev–Trinajstić information content (AvgIpc) is 3.17. The predicted molar refractivity (Wildman–Crippen MR) is 107 cm³/mol. The Bertz CT molecular complexity index is 873. The van der Waals surface area contributed by atoms with E-state index in [0.29, 0.717) is 13.1 Å². The molecule has 4 rings (SSSR count). The van der Waals surface area contributed by atoms with Crippen LogP contribution in [0.5, 0.6) is 0 Å². The second-order valence-corrected chi connectivity index (χ2v) is 7.63. The molecule has 142 valence electrons. The summed E-state index contributed by atoms with van der Waals surface area (Å²) in [5.74, 6) is 1.85. The van der Waals surface area contributed by atoms with Crippen molar-refractivity contribution in [1.29, 1.82) is 0 Å². The molecule has 2 aliphatic rings. The Morgan fingerprint density at radius 2 is 1.85 bits per heavy atom. The lowest BCUT2D eigenvalue weighted by molar-refractivity contribution is 0.206. The Kier molecular flexibility index (Phi) is 4.72. The molecule has 1 fully saturated rings. The van der Waals surface area contributed by atoms with E-state index in [4.69, 9.17) is 4.98 Å². The van der Waals surface area contributed by atoms with E-state index in [1.807, 2.05) is 30.9 Å². The highest BCUT2D eigenvalue weighted by Gasteiger charge is 2.28. The van der Waals surface area contributed by atoms with E-state index < -0.39 is 0 Å². The molecule has 1 aromatic carbocycles. The topological polar surface area (TPSA) is 61.4 Å². The van der Waals surface area contributed by atoms with Crippen molar-refractivity contribution in [3.63, 3.8) is 0 Å². The number of amides is 2. The number of urea groups is 1. The molecule has 0 unspecified atom stereocenters. The number of fused-ring (bicyclic) bond motifs is 1. The van der Waals surface area contributed by atoms with Gasteiger partial charge in [0.25, 0.3) is 0 Å². The second kappa shape index (κ2) is 7.18. The van der Waals surface area contributed by atoms with Crippen LogP contribution in [0.25, 0.3) is 0 Å². The van der Waals surface area contributed by atoms with Gasteiger partial charge in [-0.1, -0.05) is 17.7 Å². The van der Waals surface area contributed by atoms with Crippen molar-refractivity contribution in [1.82, 2.24) is 14.9 Å². The fourth-order valence-corrected chi connectivity index (χ4v) is 4.03. The zero-order valence-electron chi connectivity index (χ0n) is 16.4. The van der Waals surface area contributed by atoms with Gasteiger partial charge in [0, 0.05) is 37.3 Å². The minimum absolute atomic E-state index is 0.0550. The van der Waals surface area contributed by atoms with E-state index in [0.717, 1.165) is 53.7 Å². The van der Waals surface area contributed by atoms with Gasteiger partial charge in [-0.25, -0.2) is 14.8 Å². The summed E-state index contributed by atoms with van der Waals surface area (Å²) >= 11 is 0. The van der Waals surface area contributed by atoms with Crippen LogP contribution in [0.4, 0.5) is 16.3 Å². The number of nitrogens with zero attached hydrogens (tertiary/aromatic N) is 4. The van der Waals surface area contributed by atoms with Gasteiger partial charge in [0.2, 0.25) is 0 Å². The van der Waals surface area contributed by atoms with Gasteiger partial charge >= 0.3 is 6.03 Å². The van der Waals surface area contributed by atoms with Gasteiger partial charge in [-0.05, 0) is 45.2 Å². The van der Waals surface area contributed by atoms with Crippen LogP contribution in [0.3, 0.4) is 0 Å². The number of rotatable bonds is 2. The van der Waals surface area contributed by atoms with Crippen LogP contribution in [0.15, 0.2) is 18.2 Å². The first-order valence-corrected chi connectivity index (χ1v) is 9.76. The van der Waals surface area contributed by atoms with E-state index in [2.05, 4.69) is 28.2 Å². The molecule has 6 heteroatoms. The van der Waals surface area contributed by atoms with Crippen LogP contribution in [0, 0.1) is 20.8 Å². The van der Waals surface area contributed by atoms with Crippen molar-refractivity contribution in [2.75, 3.05) is 29.9 Å². The number of hydrogen-bond donors (Lipinski definition) is 1. The van der Waals surface area contributed by atoms with Crippen molar-refractivity contribution in [2.45, 2.75) is 46.6 Å². The molecule has 3 heterocycles. The molecular weight excluding hydrogens is 338 g/mol. The molecule has 0 atom stereocenters. The van der Waals surface area contributed by atoms with Gasteiger partial charge in [0.1, 0.15) is 11.6 Å². The first-order chi connectivity index (χ1) is 13.0. The molecule has 6 nitrogen and oxygen atoms in total. The molecule has 0 bridgehead atoms. The lowest BCUT2D eigenvalue weighted by Gasteiger charge is -2.31. The molecule has 0 spiro atoms. The Balaban J connectivity index is 1.56. The van der Waals surface area contributed by atoms with Gasteiger partial charge in [-0.15, -0.1) is 0 Å². The molecule has 0 radical (unpaired) electrons. The minimum Gasteiger partial charge on any atom is -0.356 e. The van der Waals surface area contributed by atoms with Crippen LogP contribution in [-0.4, -0.2) is 40.5 Å². The van der Waals surface area contributed by atoms with Gasteiger partial charge in [0.05, 0.1) is 12.2 Å². The maximum Gasteiger partial charge on any atom is 0.322 e. The zero-order valence-corrected chi connectivity index (χ0v) is 16.4. The maximum atomic E-state index is 12.9. The van der Waals surface area contributed by atoms with E-state index in [-0.39, 0.29) is 6.03 Å². The Hall–Kier alpha value is -2.63. The van der Waals surface area contributed by atoms with E-state index in [1.54, 1.807) is 0 Å². The van der Waals surface area contributed by atoms with E-state index >= 15 is 0 Å². The number of nitrogens with one attached hydrogen (secondary N) is 1. The summed E-state index contributed by atoms with van der Waals surface area (Å²) in [6, 6.07) is 6.03. The Morgan fingerprint density at radius 1 is 1.07 bits per heavy atom. The second-order valence-electron chi connectivity index (χ2n) is 7.63. The molecule has 2 aliphatic heterocycles. The first-order valence-electron chi connectivity index (χ1n) is 9.76. The van der Waals surface area contributed by atoms with Crippen molar-refractivity contribution in [3.05, 3.63) is 46.4 Å². The van der Waals surface area contributed by atoms with Crippen LogP contribution in [0.1, 0.15) is 41.1 Å². The van der Waals surface area contributed by atoms with E-state index in [1.165, 1.54) is 18.4 Å². The van der Waals surface area contributed by atoms with Crippen molar-refractivity contribution >= 4 is 17.5 Å². The highest BCUT2D eigenvalue weighted by Crippen LogP contribution is 2.29. The lowest BCUT2D eigenvalue weighted by Crippen LogP contribution is -2.40. The SMILES string of the molecule is Cc1ccc(NC(=O)N2CCc3nc(C)nc(N4CCCC4)c3C2)c(C)c1. The van der Waals surface area contributed by atoms with E-state index in [9.17, 15) is 4.79 Å². The minimum atomic E-state index is -0.0550. The average molecular weight is 365 g/mol. The number of benzene rings is 1. The number of anilines is 2. The summed E-state index contributed by atoms with van der Waals surface area (Å²) in [6.07, 6.45) is 3.18. The van der Waals surface area contributed by atoms with Gasteiger partial charge in [-0.2, -0.15) is 0 Å². The fourth-order valence-electron chi connectivity index (χ4n) is 4.03. The lowest BCUT2D eigenvalue weighted by atomic mass is 10.1. The fraction of sp³-hybridized carbons (Fsp3) is 0.476. The third kappa shape index (κ3) is 3.61. The molecule has 2 aromatic rings. The molecule has 1 N–H and O–H groups in total. The molecule has 27 heavy (non-hydrogen) atoms. The monoisotopic (exact) mass is 365 g/mol. The maximum absolute atomic E-state index is 12.9. The zero-order chi connectivity index (χ0) is 19.0. The molecule has 1 aromatic heterocycles. The van der Waals surface area contributed by atoms with Crippen molar-refractivity contribution < 1.29 is 4.79 Å². The quantitative estimate of drug-likeness (QED) is 0.883. The van der Waals surface area contributed by atoms with Crippen LogP contribution >= 0.6 is 0 Å². The van der Waals surface area contributed by atoms with Gasteiger partial charge in [0.15, 0.2) is 0 Å². The molecule has 2 amide bonds. The number of carbonyl (C=O) groups is 1. The van der Waals surface area contributed by atoms with Gasteiger partial charge < -0.3 is 15.1 Å².